The minimum Gasteiger partial charge on any atom is -0.461 e. The van der Waals surface area contributed by atoms with Crippen LogP contribution in [0.4, 0.5) is 4.39 Å². The molecule has 0 radical (unpaired) electrons. The van der Waals surface area contributed by atoms with Crippen molar-refractivity contribution in [2.24, 2.45) is 5.92 Å². The Morgan fingerprint density at radius 3 is 2.72 bits per heavy atom. The maximum Gasteiger partial charge on any atom is 0.289 e. The molecule has 0 bridgehead atoms. The van der Waals surface area contributed by atoms with Gasteiger partial charge in [-0.3, -0.25) is 4.79 Å². The molecule has 1 aromatic carbocycles. The number of hydrogen-bond acceptors (Lipinski definition) is 6. The maximum atomic E-state index is 13.4. The number of fused-ring (bicyclic) bond motifs is 1. The predicted octanol–water partition coefficient (Wildman–Crippen LogP) is 4.06. The summed E-state index contributed by atoms with van der Waals surface area (Å²) in [6, 6.07) is 4.90. The summed E-state index contributed by atoms with van der Waals surface area (Å²) in [6.07, 6.45) is 9.05. The van der Waals surface area contributed by atoms with Crippen molar-refractivity contribution >= 4 is 16.9 Å². The first kappa shape index (κ1) is 21.2. The molecular formula is C24H30FN3O4. The zero-order valence-electron chi connectivity index (χ0n) is 18.2. The number of rotatable bonds is 6. The fourth-order valence-electron chi connectivity index (χ4n) is 5.23. The van der Waals surface area contributed by atoms with Gasteiger partial charge in [0.2, 0.25) is 12.6 Å². The van der Waals surface area contributed by atoms with E-state index in [0.717, 1.165) is 75.2 Å². The van der Waals surface area contributed by atoms with Crippen molar-refractivity contribution < 1.29 is 23.2 Å². The molecule has 0 unspecified atom stereocenters. The van der Waals surface area contributed by atoms with E-state index in [9.17, 15) is 9.18 Å². The molecule has 0 atom stereocenters. The van der Waals surface area contributed by atoms with Gasteiger partial charge in [0.25, 0.3) is 5.91 Å². The molecular weight excluding hydrogens is 413 g/mol. The summed E-state index contributed by atoms with van der Waals surface area (Å²) in [5.41, 5.74) is 1.51. The average molecular weight is 444 g/mol. The van der Waals surface area contributed by atoms with Crippen LogP contribution >= 0.6 is 0 Å². The van der Waals surface area contributed by atoms with E-state index >= 15 is 0 Å². The number of piperidine rings is 1. The van der Waals surface area contributed by atoms with Gasteiger partial charge in [0.1, 0.15) is 12.1 Å². The lowest BCUT2D eigenvalue weighted by atomic mass is 9.83. The third kappa shape index (κ3) is 4.75. The Morgan fingerprint density at radius 2 is 1.97 bits per heavy atom. The number of nitrogens with one attached hydrogen (secondary N) is 1. The van der Waals surface area contributed by atoms with Crippen molar-refractivity contribution in [2.75, 3.05) is 26.4 Å². The van der Waals surface area contributed by atoms with Crippen LogP contribution in [0.2, 0.25) is 0 Å². The highest BCUT2D eigenvalue weighted by molar-refractivity contribution is 5.91. The molecule has 1 aliphatic carbocycles. The molecule has 3 heterocycles. The Labute approximate surface area is 186 Å². The molecule has 1 amide bonds. The predicted molar refractivity (Wildman–Crippen MR) is 116 cm³/mol. The van der Waals surface area contributed by atoms with Gasteiger partial charge in [-0.25, -0.2) is 4.39 Å². The van der Waals surface area contributed by atoms with E-state index in [4.69, 9.17) is 14.0 Å². The molecule has 1 saturated carbocycles. The summed E-state index contributed by atoms with van der Waals surface area (Å²) >= 11 is 0. The number of benzene rings is 1. The average Bonchev–Trinajstić information content (AvgIpc) is 3.49. The fraction of sp³-hybridized carbons (Fsp3) is 0.583. The second-order valence-electron chi connectivity index (χ2n) is 9.21. The van der Waals surface area contributed by atoms with Crippen molar-refractivity contribution in [3.05, 3.63) is 41.7 Å². The summed E-state index contributed by atoms with van der Waals surface area (Å²) in [5, 5.41) is 8.25. The van der Waals surface area contributed by atoms with E-state index in [1.165, 1.54) is 24.8 Å². The third-order valence-corrected chi connectivity index (χ3v) is 7.17. The minimum absolute atomic E-state index is 0.127. The summed E-state index contributed by atoms with van der Waals surface area (Å²) in [6.45, 7) is 3.37. The first-order valence-electron chi connectivity index (χ1n) is 11.7. The molecule has 1 aromatic heterocycles. The topological polar surface area (TPSA) is 76.8 Å². The molecule has 2 aliphatic heterocycles. The van der Waals surface area contributed by atoms with Gasteiger partial charge >= 0.3 is 0 Å². The lowest BCUT2D eigenvalue weighted by Crippen LogP contribution is -2.39. The molecule has 8 heteroatoms. The number of nitrogens with zero attached hydrogens (tertiary/aromatic N) is 2. The number of ether oxygens (including phenoxy) is 2. The number of carbonyl (C=O) groups excluding carboxylic acids is 1. The van der Waals surface area contributed by atoms with E-state index < -0.39 is 0 Å². The van der Waals surface area contributed by atoms with Gasteiger partial charge in [-0.15, -0.1) is 0 Å². The largest absolute Gasteiger partial charge is 0.461 e. The van der Waals surface area contributed by atoms with Crippen LogP contribution in [0.1, 0.15) is 56.6 Å². The molecule has 2 fully saturated rings. The highest BCUT2D eigenvalue weighted by Crippen LogP contribution is 2.33. The minimum atomic E-state index is -0.291. The van der Waals surface area contributed by atoms with E-state index in [-0.39, 0.29) is 30.3 Å². The first-order valence-corrected chi connectivity index (χ1v) is 11.7. The second-order valence-corrected chi connectivity index (χ2v) is 9.21. The highest BCUT2D eigenvalue weighted by Gasteiger charge is 2.28. The van der Waals surface area contributed by atoms with Crippen LogP contribution in [0.15, 0.2) is 34.7 Å². The Morgan fingerprint density at radius 1 is 1.16 bits per heavy atom. The van der Waals surface area contributed by atoms with E-state index in [2.05, 4.69) is 15.4 Å². The molecule has 3 aliphatic rings. The van der Waals surface area contributed by atoms with Crippen LogP contribution in [0.25, 0.3) is 11.0 Å². The smallest absolute Gasteiger partial charge is 0.289 e. The lowest BCUT2D eigenvalue weighted by Gasteiger charge is -2.34. The summed E-state index contributed by atoms with van der Waals surface area (Å²) in [5.74, 6) is 0.920. The molecule has 1 N–H and O–H groups in total. The third-order valence-electron chi connectivity index (χ3n) is 7.17. The second kappa shape index (κ2) is 9.48. The molecule has 5 rings (SSSR count). The van der Waals surface area contributed by atoms with Gasteiger partial charge in [0.05, 0.1) is 5.69 Å². The molecule has 2 aromatic rings. The summed E-state index contributed by atoms with van der Waals surface area (Å²) in [7, 11) is 0. The van der Waals surface area contributed by atoms with Crippen molar-refractivity contribution in [3.63, 3.8) is 0 Å². The van der Waals surface area contributed by atoms with Gasteiger partial charge in [-0.1, -0.05) is 5.16 Å². The van der Waals surface area contributed by atoms with E-state index in [0.29, 0.717) is 11.5 Å². The van der Waals surface area contributed by atoms with Crippen LogP contribution in [0, 0.1) is 11.7 Å². The number of carbonyl (C=O) groups is 1. The molecule has 1 saturated heterocycles. The van der Waals surface area contributed by atoms with E-state index in [1.807, 2.05) is 0 Å². The van der Waals surface area contributed by atoms with Crippen LogP contribution in [-0.4, -0.2) is 48.4 Å². The van der Waals surface area contributed by atoms with Gasteiger partial charge in [0.15, 0.2) is 5.58 Å². The van der Waals surface area contributed by atoms with Gasteiger partial charge in [-0.2, -0.15) is 0 Å². The van der Waals surface area contributed by atoms with Crippen LogP contribution < -0.4 is 5.32 Å². The van der Waals surface area contributed by atoms with Crippen molar-refractivity contribution in [2.45, 2.75) is 56.9 Å². The van der Waals surface area contributed by atoms with Crippen LogP contribution in [0.3, 0.4) is 0 Å². The van der Waals surface area contributed by atoms with Gasteiger partial charge < -0.3 is 24.2 Å². The van der Waals surface area contributed by atoms with Gasteiger partial charge in [0, 0.05) is 23.4 Å². The number of amides is 1. The monoisotopic (exact) mass is 443 g/mol. The van der Waals surface area contributed by atoms with Crippen molar-refractivity contribution in [3.8, 4) is 0 Å². The lowest BCUT2D eigenvalue weighted by molar-refractivity contribution is -0.121. The number of aromatic nitrogens is 1. The molecule has 172 valence electrons. The standard InChI is InChI=1S/C24H30FN3O4/c25-18-3-6-20-21(13-18)32-27-23(20)17-8-11-28(12-9-17)10-7-16-1-4-19(5-2-16)26-24(29)22-14-30-15-31-22/h3,6,13-14,16-17,19H,1-2,4-5,7-12,15H2,(H,26,29). The number of likely N-dealkylation sites (tertiary alicyclic amines) is 1. The molecule has 0 spiro atoms. The Hall–Kier alpha value is -2.61. The fourth-order valence-corrected chi connectivity index (χ4v) is 5.23. The summed E-state index contributed by atoms with van der Waals surface area (Å²) in [4.78, 5) is 14.7. The number of halogens is 1. The summed E-state index contributed by atoms with van der Waals surface area (Å²) < 4.78 is 28.8. The molecule has 32 heavy (non-hydrogen) atoms. The Bertz CT molecular complexity index is 975. The van der Waals surface area contributed by atoms with E-state index in [1.54, 1.807) is 6.07 Å². The zero-order valence-corrected chi connectivity index (χ0v) is 18.2. The number of hydrogen-bond donors (Lipinski definition) is 1. The van der Waals surface area contributed by atoms with Crippen molar-refractivity contribution in [1.82, 2.24) is 15.4 Å². The Kier molecular flexibility index (Phi) is 6.30. The molecule has 7 nitrogen and oxygen atoms in total. The van der Waals surface area contributed by atoms with Crippen molar-refractivity contribution in [1.29, 1.82) is 0 Å². The van der Waals surface area contributed by atoms with Gasteiger partial charge in [-0.05, 0) is 82.6 Å². The first-order chi connectivity index (χ1) is 15.7. The maximum absolute atomic E-state index is 13.4. The SMILES string of the molecule is O=C(NC1CCC(CCN2CCC(c3noc4cc(F)ccc34)CC2)CC1)C1=COCO1. The normalized spacial score (nSPS) is 24.7. The van der Waals surface area contributed by atoms with Crippen LogP contribution in [-0.2, 0) is 14.3 Å². The Balaban J connectivity index is 1.03. The zero-order chi connectivity index (χ0) is 21.9. The quantitative estimate of drug-likeness (QED) is 0.726. The van der Waals surface area contributed by atoms with Crippen LogP contribution in [0.5, 0.6) is 0 Å². The highest BCUT2D eigenvalue weighted by atomic mass is 19.1.